The lowest BCUT2D eigenvalue weighted by Gasteiger charge is -2.33. The number of carboxylic acids is 1. The van der Waals surface area contributed by atoms with E-state index in [4.69, 9.17) is 5.11 Å². The Kier molecular flexibility index (Phi) is 4.36. The highest BCUT2D eigenvalue weighted by Crippen LogP contribution is 2.30. The van der Waals surface area contributed by atoms with Gasteiger partial charge in [0.15, 0.2) is 0 Å². The third-order valence-corrected chi connectivity index (χ3v) is 6.26. The normalized spacial score (nSPS) is 12.9. The summed E-state index contributed by atoms with van der Waals surface area (Å²) in [6.45, 7) is 8.65. The van der Waals surface area contributed by atoms with Crippen LogP contribution >= 0.6 is 0 Å². The predicted molar refractivity (Wildman–Crippen MR) is 76.5 cm³/mol. The smallest absolute Gasteiger partial charge is 0.352 e. The number of sulfonamides is 1. The molecule has 0 aliphatic rings. The first kappa shape index (κ1) is 16.7. The van der Waals surface area contributed by atoms with E-state index in [1.807, 2.05) is 20.8 Å². The van der Waals surface area contributed by atoms with Crippen LogP contribution in [0.4, 0.5) is 0 Å². The average Bonchev–Trinajstić information content (AvgIpc) is 2.64. The summed E-state index contributed by atoms with van der Waals surface area (Å²) in [5, 5.41) is 9.07. The lowest BCUT2D eigenvalue weighted by atomic mass is 10.0. The van der Waals surface area contributed by atoms with E-state index in [9.17, 15) is 13.2 Å². The van der Waals surface area contributed by atoms with E-state index in [2.05, 4.69) is 4.98 Å². The third-order valence-electron chi connectivity index (χ3n) is 3.92. The summed E-state index contributed by atoms with van der Waals surface area (Å²) in [7, 11) is -2.23. The molecule has 0 amide bonds. The molecule has 0 fully saturated rings. The topological polar surface area (TPSA) is 90.5 Å². The Hall–Kier alpha value is -1.34. The number of nitrogens with zero attached hydrogens (tertiary/aromatic N) is 1. The van der Waals surface area contributed by atoms with Gasteiger partial charge in [-0.2, -0.15) is 4.31 Å². The van der Waals surface area contributed by atoms with Crippen molar-refractivity contribution in [1.82, 2.24) is 9.29 Å². The molecule has 0 atom stereocenters. The fourth-order valence-corrected chi connectivity index (χ4v) is 4.00. The lowest BCUT2D eigenvalue weighted by Crippen LogP contribution is -2.44. The number of aromatic carboxylic acids is 1. The van der Waals surface area contributed by atoms with Gasteiger partial charge >= 0.3 is 5.97 Å². The number of carbonyl (C=O) groups is 1. The number of aromatic nitrogens is 1. The Labute approximate surface area is 119 Å². The first-order valence-corrected chi connectivity index (χ1v) is 7.82. The fourth-order valence-electron chi connectivity index (χ4n) is 2.02. The molecule has 2 N–H and O–H groups in total. The second kappa shape index (κ2) is 5.21. The fraction of sp³-hybridized carbons (Fsp3) is 0.615. The van der Waals surface area contributed by atoms with Gasteiger partial charge in [-0.25, -0.2) is 13.2 Å². The van der Waals surface area contributed by atoms with Crippen LogP contribution in [-0.2, 0) is 10.0 Å². The average molecular weight is 302 g/mol. The maximum atomic E-state index is 12.7. The molecule has 0 spiro atoms. The van der Waals surface area contributed by atoms with Gasteiger partial charge in [-0.3, -0.25) is 0 Å². The third kappa shape index (κ3) is 2.60. The van der Waals surface area contributed by atoms with Gasteiger partial charge in [0.05, 0.1) is 0 Å². The second-order valence-electron chi connectivity index (χ2n) is 5.52. The highest BCUT2D eigenvalue weighted by molar-refractivity contribution is 7.89. The molecule has 6 nitrogen and oxygen atoms in total. The molecule has 1 heterocycles. The molecule has 20 heavy (non-hydrogen) atoms. The maximum absolute atomic E-state index is 12.7. The quantitative estimate of drug-likeness (QED) is 0.872. The Bertz CT molecular complexity index is 629. The number of nitrogens with one attached hydrogen (secondary N) is 1. The van der Waals surface area contributed by atoms with E-state index in [0.29, 0.717) is 12.1 Å². The van der Waals surface area contributed by atoms with Crippen molar-refractivity contribution in [1.29, 1.82) is 0 Å². The number of H-pyrrole nitrogens is 1. The van der Waals surface area contributed by atoms with Gasteiger partial charge in [0.2, 0.25) is 10.0 Å². The summed E-state index contributed by atoms with van der Waals surface area (Å²) in [4.78, 5) is 13.8. The molecule has 7 heteroatoms. The van der Waals surface area contributed by atoms with Crippen LogP contribution in [0.25, 0.3) is 0 Å². The van der Waals surface area contributed by atoms with Gasteiger partial charge in [-0.1, -0.05) is 6.92 Å². The Morgan fingerprint density at radius 1 is 1.35 bits per heavy atom. The van der Waals surface area contributed by atoms with Crippen LogP contribution in [0.15, 0.2) is 4.90 Å². The van der Waals surface area contributed by atoms with Gasteiger partial charge in [-0.05, 0) is 34.1 Å². The van der Waals surface area contributed by atoms with Crippen LogP contribution < -0.4 is 0 Å². The minimum atomic E-state index is -3.74. The van der Waals surface area contributed by atoms with Gasteiger partial charge in [-0.15, -0.1) is 0 Å². The van der Waals surface area contributed by atoms with Crippen molar-refractivity contribution in [3.8, 4) is 0 Å². The summed E-state index contributed by atoms with van der Waals surface area (Å²) < 4.78 is 26.8. The van der Waals surface area contributed by atoms with Crippen molar-refractivity contribution in [2.45, 2.75) is 51.5 Å². The van der Waals surface area contributed by atoms with Crippen molar-refractivity contribution in [3.63, 3.8) is 0 Å². The van der Waals surface area contributed by atoms with Crippen molar-refractivity contribution in [3.05, 3.63) is 17.0 Å². The standard InChI is InChI=1S/C13H22N2O4S/c1-7-13(4,5)15(6)20(18,19)11-8(2)10(12(16)17)14-9(11)3/h14H,7H2,1-6H3,(H,16,17). The molecule has 0 radical (unpaired) electrons. The van der Waals surface area contributed by atoms with Crippen LogP contribution in [0.1, 0.15) is 48.9 Å². The highest BCUT2D eigenvalue weighted by atomic mass is 32.2. The van der Waals surface area contributed by atoms with E-state index in [-0.39, 0.29) is 16.2 Å². The molecule has 1 rings (SSSR count). The summed E-state index contributed by atoms with van der Waals surface area (Å²) >= 11 is 0. The number of carboxylic acid groups (broad SMARTS) is 1. The zero-order valence-corrected chi connectivity index (χ0v) is 13.6. The van der Waals surface area contributed by atoms with E-state index in [0.717, 1.165) is 0 Å². The Morgan fingerprint density at radius 3 is 2.20 bits per heavy atom. The largest absolute Gasteiger partial charge is 0.477 e. The molecule has 114 valence electrons. The summed E-state index contributed by atoms with van der Waals surface area (Å²) in [5.74, 6) is -1.16. The summed E-state index contributed by atoms with van der Waals surface area (Å²) in [6, 6.07) is 0. The molecule has 0 bridgehead atoms. The van der Waals surface area contributed by atoms with E-state index >= 15 is 0 Å². The van der Waals surface area contributed by atoms with Crippen LogP contribution in [-0.4, -0.2) is 41.4 Å². The first-order chi connectivity index (χ1) is 8.96. The molecule has 1 aromatic rings. The second-order valence-corrected chi connectivity index (χ2v) is 7.43. The maximum Gasteiger partial charge on any atom is 0.352 e. The zero-order chi connectivity index (χ0) is 15.9. The monoisotopic (exact) mass is 302 g/mol. The van der Waals surface area contributed by atoms with Crippen molar-refractivity contribution in [2.24, 2.45) is 0 Å². The van der Waals surface area contributed by atoms with Gasteiger partial charge < -0.3 is 10.1 Å². The van der Waals surface area contributed by atoms with Crippen molar-refractivity contribution in [2.75, 3.05) is 7.05 Å². The van der Waals surface area contributed by atoms with Crippen LogP contribution in [0, 0.1) is 13.8 Å². The van der Waals surface area contributed by atoms with Crippen LogP contribution in [0.2, 0.25) is 0 Å². The summed E-state index contributed by atoms with van der Waals surface area (Å²) in [6.07, 6.45) is 0.650. The zero-order valence-electron chi connectivity index (χ0n) is 12.7. The number of hydrogen-bond acceptors (Lipinski definition) is 3. The minimum absolute atomic E-state index is 0.0546. The SMILES string of the molecule is CCC(C)(C)N(C)S(=O)(=O)c1c(C)[nH]c(C(=O)O)c1C. The van der Waals surface area contributed by atoms with Crippen molar-refractivity contribution < 1.29 is 18.3 Å². The summed E-state index contributed by atoms with van der Waals surface area (Å²) in [5.41, 5.74) is -0.0329. The minimum Gasteiger partial charge on any atom is -0.477 e. The molecule has 0 aliphatic carbocycles. The van der Waals surface area contributed by atoms with Gasteiger partial charge in [0.25, 0.3) is 0 Å². The number of rotatable bonds is 5. The van der Waals surface area contributed by atoms with Gasteiger partial charge in [0.1, 0.15) is 10.6 Å². The molecule has 0 aliphatic heterocycles. The number of hydrogen-bond donors (Lipinski definition) is 2. The van der Waals surface area contributed by atoms with Crippen molar-refractivity contribution >= 4 is 16.0 Å². The highest BCUT2D eigenvalue weighted by Gasteiger charge is 2.36. The van der Waals surface area contributed by atoms with E-state index in [1.54, 1.807) is 6.92 Å². The molecular formula is C13H22N2O4S. The lowest BCUT2D eigenvalue weighted by molar-refractivity contribution is 0.0690. The van der Waals surface area contributed by atoms with E-state index in [1.165, 1.54) is 18.3 Å². The van der Waals surface area contributed by atoms with E-state index < -0.39 is 21.5 Å². The molecule has 0 aromatic carbocycles. The van der Waals surface area contributed by atoms with Gasteiger partial charge in [0, 0.05) is 23.8 Å². The molecule has 0 unspecified atom stereocenters. The number of aromatic amines is 1. The van der Waals surface area contributed by atoms with Crippen LogP contribution in [0.5, 0.6) is 0 Å². The molecule has 0 saturated carbocycles. The van der Waals surface area contributed by atoms with Crippen LogP contribution in [0.3, 0.4) is 0 Å². The first-order valence-electron chi connectivity index (χ1n) is 6.38. The molecular weight excluding hydrogens is 280 g/mol. The Balaban J connectivity index is 3.49. The molecule has 1 aromatic heterocycles. The predicted octanol–water partition coefficient (Wildman–Crippen LogP) is 2.14. The number of aryl methyl sites for hydroxylation is 1. The Morgan fingerprint density at radius 2 is 1.85 bits per heavy atom. The molecule has 0 saturated heterocycles.